The van der Waals surface area contributed by atoms with E-state index in [1.54, 1.807) is 0 Å². The van der Waals surface area contributed by atoms with E-state index in [2.05, 4.69) is 15.4 Å². The summed E-state index contributed by atoms with van der Waals surface area (Å²) in [4.78, 5) is 30.0. The number of hydrogen-bond donors (Lipinski definition) is 2. The minimum atomic E-state index is -4.72. The van der Waals surface area contributed by atoms with E-state index < -0.39 is 34.8 Å². The van der Waals surface area contributed by atoms with Crippen molar-refractivity contribution in [1.82, 2.24) is 19.7 Å². The molecule has 3 aromatic rings. The summed E-state index contributed by atoms with van der Waals surface area (Å²) in [5.74, 6) is -1.03. The zero-order valence-electron chi connectivity index (χ0n) is 23.2. The molecule has 1 aliphatic rings. The molecule has 0 unspecified atom stereocenters. The predicted molar refractivity (Wildman–Crippen MR) is 136 cm³/mol. The normalized spacial score (nSPS) is 15.7. The summed E-state index contributed by atoms with van der Waals surface area (Å²) in [6.07, 6.45) is -0.934. The van der Waals surface area contributed by atoms with E-state index in [-0.39, 0.29) is 64.9 Å². The van der Waals surface area contributed by atoms with E-state index in [4.69, 9.17) is 0 Å². The minimum Gasteiger partial charge on any atom is -0.549 e. The molecule has 0 atom stereocenters. The molecule has 9 nitrogen and oxygen atoms in total. The Morgan fingerprint density at radius 3 is 2.33 bits per heavy atom. The van der Waals surface area contributed by atoms with Crippen molar-refractivity contribution in [3.63, 3.8) is 0 Å². The molecule has 2 aromatic heterocycles. The Hall–Kier alpha value is -2.67. The minimum absolute atomic E-state index is 0. The summed E-state index contributed by atoms with van der Waals surface area (Å²) in [5.41, 5.74) is -2.65. The van der Waals surface area contributed by atoms with Crippen molar-refractivity contribution >= 4 is 28.6 Å². The first-order valence-corrected chi connectivity index (χ1v) is 12.7. The summed E-state index contributed by atoms with van der Waals surface area (Å²) >= 11 is 0. The number of aromatic nitrogens is 3. The Morgan fingerprint density at radius 1 is 1.15 bits per heavy atom. The monoisotopic (exact) mass is 569 g/mol. The van der Waals surface area contributed by atoms with Gasteiger partial charge in [-0.15, -0.1) is 0 Å². The quantitative estimate of drug-likeness (QED) is 0.425. The predicted octanol–water partition coefficient (Wildman–Crippen LogP) is 0.876. The zero-order valence-corrected chi connectivity index (χ0v) is 25.2. The van der Waals surface area contributed by atoms with Crippen LogP contribution in [0.4, 0.5) is 23.7 Å². The van der Waals surface area contributed by atoms with Crippen LogP contribution in [-0.2, 0) is 16.4 Å². The summed E-state index contributed by atoms with van der Waals surface area (Å²) < 4.78 is 43.2. The maximum atomic E-state index is 14.0. The fourth-order valence-corrected chi connectivity index (χ4v) is 4.92. The van der Waals surface area contributed by atoms with Gasteiger partial charge in [0.1, 0.15) is 0 Å². The summed E-state index contributed by atoms with van der Waals surface area (Å²) in [6.45, 7) is 7.45. The van der Waals surface area contributed by atoms with Crippen LogP contribution < -0.4 is 40.0 Å². The SMILES string of the molecule is CC(C)CC1(O)CCN(C(=O)Nc2cc(C(F)(F)F)c3cnn(-c4ccc(C(C)(C)C(=O)[O-])nc4)c3c2)CC1.[Na+]. The van der Waals surface area contributed by atoms with Gasteiger partial charge in [-0.25, -0.2) is 9.48 Å². The molecular weight excluding hydrogens is 538 g/mol. The molecule has 0 radical (unpaired) electrons. The van der Waals surface area contributed by atoms with E-state index in [1.807, 2.05) is 13.8 Å². The van der Waals surface area contributed by atoms with Crippen molar-refractivity contribution in [3.05, 3.63) is 47.9 Å². The van der Waals surface area contributed by atoms with Crippen molar-refractivity contribution in [2.45, 2.75) is 64.1 Å². The van der Waals surface area contributed by atoms with Crippen LogP contribution in [0.2, 0.25) is 0 Å². The molecule has 0 bridgehead atoms. The average Bonchev–Trinajstić information content (AvgIpc) is 3.26. The Kier molecular flexibility index (Phi) is 9.29. The van der Waals surface area contributed by atoms with E-state index in [1.165, 1.54) is 47.8 Å². The molecule has 3 heterocycles. The topological polar surface area (TPSA) is 123 Å². The van der Waals surface area contributed by atoms with Gasteiger partial charge in [-0.3, -0.25) is 4.98 Å². The molecule has 4 rings (SSSR count). The zero-order chi connectivity index (χ0) is 28.8. The Labute approximate surface area is 252 Å². The summed E-state index contributed by atoms with van der Waals surface area (Å²) in [7, 11) is 0. The Morgan fingerprint density at radius 2 is 1.80 bits per heavy atom. The Bertz CT molecular complexity index is 1380. The molecule has 0 saturated carbocycles. The molecule has 2 N–H and O–H groups in total. The van der Waals surface area contributed by atoms with Gasteiger partial charge in [-0.2, -0.15) is 18.3 Å². The van der Waals surface area contributed by atoms with Crippen LogP contribution in [0.1, 0.15) is 58.2 Å². The number of rotatable bonds is 6. The number of anilines is 1. The van der Waals surface area contributed by atoms with E-state index >= 15 is 0 Å². The van der Waals surface area contributed by atoms with Crippen LogP contribution in [0.3, 0.4) is 0 Å². The maximum absolute atomic E-state index is 14.0. The van der Waals surface area contributed by atoms with Crippen LogP contribution in [0, 0.1) is 5.92 Å². The number of aliphatic carboxylic acids is 1. The third kappa shape index (κ3) is 6.62. The van der Waals surface area contributed by atoms with Crippen LogP contribution in [0.15, 0.2) is 36.7 Å². The third-order valence-corrected chi connectivity index (χ3v) is 7.16. The second kappa shape index (κ2) is 11.7. The number of alkyl halides is 3. The molecule has 1 saturated heterocycles. The molecule has 1 aromatic carbocycles. The molecule has 0 spiro atoms. The number of carbonyl (C=O) groups excluding carboxylic acids is 2. The first-order chi connectivity index (χ1) is 18.1. The number of halogens is 3. The number of nitrogens with one attached hydrogen (secondary N) is 1. The van der Waals surface area contributed by atoms with Crippen LogP contribution in [-0.4, -0.2) is 55.5 Å². The number of pyridine rings is 1. The molecule has 1 fully saturated rings. The standard InChI is InChI=1S/C27H32F3N5O4.Na/c1-16(2)13-26(39)7-9-34(10-8-26)24(38)33-17-11-20(27(28,29)30)19-15-32-35(21(19)12-17)18-5-6-22(31-14-18)25(3,4)23(36)37;/h5-6,11-12,14-16,39H,7-10,13H2,1-4H3,(H,33,38)(H,36,37);/q;+1/p-1. The Balaban J connectivity index is 0.00000441. The van der Waals surface area contributed by atoms with Gasteiger partial charge in [-0.1, -0.05) is 13.8 Å². The number of carbonyl (C=O) groups is 2. The number of aliphatic hydroxyl groups is 1. The largest absolute Gasteiger partial charge is 1.00 e. The number of piperidine rings is 1. The van der Waals surface area contributed by atoms with Gasteiger partial charge < -0.3 is 25.2 Å². The molecular formula is C27H31F3N5NaO4. The van der Waals surface area contributed by atoms with Gasteiger partial charge >= 0.3 is 41.8 Å². The van der Waals surface area contributed by atoms with Crippen LogP contribution in [0.5, 0.6) is 0 Å². The number of nitrogens with zero attached hydrogens (tertiary/aromatic N) is 4. The van der Waals surface area contributed by atoms with E-state index in [0.717, 1.165) is 12.3 Å². The number of hydrogen-bond acceptors (Lipinski definition) is 6. The number of likely N-dealkylation sites (tertiary alicyclic amines) is 1. The van der Waals surface area contributed by atoms with Gasteiger partial charge in [0, 0.05) is 29.6 Å². The fraction of sp³-hybridized carbons (Fsp3) is 0.481. The van der Waals surface area contributed by atoms with Gasteiger partial charge in [0.2, 0.25) is 0 Å². The maximum Gasteiger partial charge on any atom is 1.00 e. The van der Waals surface area contributed by atoms with Crippen molar-refractivity contribution < 1.29 is 62.5 Å². The van der Waals surface area contributed by atoms with Gasteiger partial charge in [0.25, 0.3) is 0 Å². The van der Waals surface area contributed by atoms with Gasteiger partial charge in [0.15, 0.2) is 0 Å². The molecule has 2 amide bonds. The van der Waals surface area contributed by atoms with E-state index in [9.17, 15) is 33.0 Å². The van der Waals surface area contributed by atoms with Crippen molar-refractivity contribution in [2.24, 2.45) is 5.92 Å². The molecule has 210 valence electrons. The van der Waals surface area contributed by atoms with Crippen molar-refractivity contribution in [2.75, 3.05) is 18.4 Å². The number of fused-ring (bicyclic) bond motifs is 1. The summed E-state index contributed by atoms with van der Waals surface area (Å²) in [6, 6.07) is 4.66. The average molecular weight is 570 g/mol. The third-order valence-electron chi connectivity index (χ3n) is 7.16. The molecule has 40 heavy (non-hydrogen) atoms. The molecule has 13 heteroatoms. The first kappa shape index (κ1) is 31.9. The molecule has 0 aliphatic carbocycles. The van der Waals surface area contributed by atoms with Gasteiger partial charge in [-0.05, 0) is 63.3 Å². The second-order valence-electron chi connectivity index (χ2n) is 11.1. The fourth-order valence-electron chi connectivity index (χ4n) is 4.92. The summed E-state index contributed by atoms with van der Waals surface area (Å²) in [5, 5.41) is 28.7. The second-order valence-corrected chi connectivity index (χ2v) is 11.1. The van der Waals surface area contributed by atoms with Crippen molar-refractivity contribution in [3.8, 4) is 5.69 Å². The number of benzene rings is 1. The van der Waals surface area contributed by atoms with Crippen LogP contribution >= 0.6 is 0 Å². The van der Waals surface area contributed by atoms with E-state index in [0.29, 0.717) is 30.9 Å². The first-order valence-electron chi connectivity index (χ1n) is 12.7. The number of amides is 2. The van der Waals surface area contributed by atoms with Gasteiger partial charge in [0.05, 0.1) is 46.4 Å². The number of carboxylic acids is 1. The van der Waals surface area contributed by atoms with Crippen molar-refractivity contribution in [1.29, 1.82) is 0 Å². The smallest absolute Gasteiger partial charge is 0.549 e. The molecule has 1 aliphatic heterocycles. The number of carboxylic acid groups (broad SMARTS) is 1. The van der Waals surface area contributed by atoms with Crippen LogP contribution in [0.25, 0.3) is 16.6 Å². The number of urea groups is 1.